The van der Waals surface area contributed by atoms with Gasteiger partial charge in [-0.25, -0.2) is 0 Å². The Labute approximate surface area is 116 Å². The molecule has 4 heteroatoms. The van der Waals surface area contributed by atoms with Crippen molar-refractivity contribution in [2.45, 2.75) is 53.4 Å². The molecule has 0 aromatic rings. The van der Waals surface area contributed by atoms with Gasteiger partial charge >= 0.3 is 0 Å². The van der Waals surface area contributed by atoms with E-state index in [1.807, 2.05) is 25.6 Å². The predicted molar refractivity (Wildman–Crippen MR) is 82.4 cm³/mol. The molecule has 0 aromatic carbocycles. The van der Waals surface area contributed by atoms with Gasteiger partial charge < -0.3 is 5.73 Å². The third-order valence-electron chi connectivity index (χ3n) is 2.96. The number of ketones is 1. The molecule has 0 aliphatic rings. The van der Waals surface area contributed by atoms with Gasteiger partial charge in [0.2, 0.25) is 0 Å². The fourth-order valence-corrected chi connectivity index (χ4v) is 2.45. The van der Waals surface area contributed by atoms with E-state index in [0.717, 1.165) is 49.6 Å². The molecule has 0 fully saturated rings. The summed E-state index contributed by atoms with van der Waals surface area (Å²) >= 11 is 1.83. The van der Waals surface area contributed by atoms with Crippen molar-refractivity contribution < 1.29 is 4.79 Å². The molecule has 0 unspecified atom stereocenters. The molecular weight excluding hydrogens is 244 g/mol. The molecule has 3 nitrogen and oxygen atoms in total. The van der Waals surface area contributed by atoms with Crippen LogP contribution in [-0.4, -0.2) is 29.7 Å². The summed E-state index contributed by atoms with van der Waals surface area (Å²) in [7, 11) is 0. The van der Waals surface area contributed by atoms with Gasteiger partial charge in [-0.2, -0.15) is 11.8 Å². The van der Waals surface area contributed by atoms with Crippen molar-refractivity contribution in [3.8, 4) is 0 Å². The van der Waals surface area contributed by atoms with Crippen molar-refractivity contribution in [1.82, 2.24) is 0 Å². The average molecular weight is 272 g/mol. The Morgan fingerprint density at radius 3 is 2.56 bits per heavy atom. The Kier molecular flexibility index (Phi) is 9.16. The monoisotopic (exact) mass is 272 g/mol. The van der Waals surface area contributed by atoms with E-state index in [1.54, 1.807) is 6.92 Å². The van der Waals surface area contributed by atoms with E-state index in [-0.39, 0.29) is 11.2 Å². The second-order valence-corrected chi connectivity index (χ2v) is 6.43. The topological polar surface area (TPSA) is 55.4 Å². The quantitative estimate of drug-likeness (QED) is 0.377. The molecule has 0 amide bonds. The smallest absolute Gasteiger partial charge is 0.136 e. The molecule has 0 aliphatic heterocycles. The zero-order chi connectivity index (χ0) is 14.0. The molecule has 0 saturated carbocycles. The number of carbonyl (C=O) groups excluding carboxylic acids is 1. The van der Waals surface area contributed by atoms with Gasteiger partial charge in [-0.15, -0.1) is 0 Å². The first kappa shape index (κ1) is 17.5. The van der Waals surface area contributed by atoms with E-state index in [1.165, 1.54) is 0 Å². The summed E-state index contributed by atoms with van der Waals surface area (Å²) < 4.78 is 0. The first-order chi connectivity index (χ1) is 8.40. The molecule has 0 radical (unpaired) electrons. The van der Waals surface area contributed by atoms with Gasteiger partial charge in [-0.1, -0.05) is 27.2 Å². The van der Waals surface area contributed by atoms with Crippen LogP contribution in [0.5, 0.6) is 0 Å². The largest absolute Gasteiger partial charge is 0.387 e. The van der Waals surface area contributed by atoms with Gasteiger partial charge in [0.25, 0.3) is 0 Å². The zero-order valence-electron chi connectivity index (χ0n) is 12.3. The summed E-state index contributed by atoms with van der Waals surface area (Å²) in [5.74, 6) is 2.96. The van der Waals surface area contributed by atoms with E-state index >= 15 is 0 Å². The van der Waals surface area contributed by atoms with Crippen molar-refractivity contribution in [2.24, 2.45) is 16.1 Å². The second kappa shape index (κ2) is 9.42. The fourth-order valence-electron chi connectivity index (χ4n) is 1.24. The number of nitrogens with zero attached hydrogens (tertiary/aromatic N) is 1. The average Bonchev–Trinajstić information content (AvgIpc) is 2.28. The van der Waals surface area contributed by atoms with Gasteiger partial charge in [-0.05, 0) is 25.5 Å². The molecule has 0 aliphatic carbocycles. The van der Waals surface area contributed by atoms with E-state index in [4.69, 9.17) is 5.73 Å². The van der Waals surface area contributed by atoms with Crippen LogP contribution in [0.1, 0.15) is 53.4 Å². The van der Waals surface area contributed by atoms with Gasteiger partial charge in [0, 0.05) is 24.1 Å². The molecule has 0 aromatic heterocycles. The van der Waals surface area contributed by atoms with Crippen LogP contribution in [0.15, 0.2) is 4.99 Å². The number of unbranched alkanes of at least 4 members (excludes halogenated alkanes) is 1. The summed E-state index contributed by atoms with van der Waals surface area (Å²) in [6.45, 7) is 8.68. The first-order valence-electron chi connectivity index (χ1n) is 6.77. The molecule has 0 heterocycles. The normalized spacial score (nSPS) is 12.8. The first-order valence-corrected chi connectivity index (χ1v) is 7.93. The molecule has 2 N–H and O–H groups in total. The van der Waals surface area contributed by atoms with Crippen LogP contribution in [0.4, 0.5) is 0 Å². The highest BCUT2D eigenvalue weighted by Crippen LogP contribution is 2.23. The lowest BCUT2D eigenvalue weighted by molar-refractivity contribution is -0.123. The number of hydrogen-bond donors (Lipinski definition) is 1. The minimum Gasteiger partial charge on any atom is -0.387 e. The number of nitrogens with two attached hydrogens (primary N) is 1. The van der Waals surface area contributed by atoms with Crippen LogP contribution in [0.3, 0.4) is 0 Å². The Morgan fingerprint density at radius 1 is 1.33 bits per heavy atom. The lowest BCUT2D eigenvalue weighted by atomic mass is 9.92. The number of rotatable bonds is 10. The zero-order valence-corrected chi connectivity index (χ0v) is 13.1. The summed E-state index contributed by atoms with van der Waals surface area (Å²) in [5, 5.41) is 0. The molecule has 0 bridgehead atoms. The second-order valence-electron chi connectivity index (χ2n) is 5.32. The Bertz CT molecular complexity index is 275. The van der Waals surface area contributed by atoms with E-state index < -0.39 is 0 Å². The van der Waals surface area contributed by atoms with Crippen LogP contribution >= 0.6 is 11.8 Å². The Balaban J connectivity index is 3.62. The van der Waals surface area contributed by atoms with Crippen molar-refractivity contribution in [2.75, 3.05) is 18.1 Å². The highest BCUT2D eigenvalue weighted by atomic mass is 32.2. The lowest BCUT2D eigenvalue weighted by Crippen LogP contribution is -2.24. The van der Waals surface area contributed by atoms with Crippen LogP contribution in [0.25, 0.3) is 0 Å². The maximum Gasteiger partial charge on any atom is 0.136 e. The minimum atomic E-state index is -0.203. The predicted octanol–water partition coefficient (Wildman–Crippen LogP) is 3.27. The summed E-state index contributed by atoms with van der Waals surface area (Å²) in [4.78, 5) is 15.7. The Hall–Kier alpha value is -0.510. The van der Waals surface area contributed by atoms with Crippen LogP contribution in [0.2, 0.25) is 0 Å². The van der Waals surface area contributed by atoms with Gasteiger partial charge in [0.05, 0.1) is 5.84 Å². The van der Waals surface area contributed by atoms with Crippen molar-refractivity contribution >= 4 is 23.4 Å². The maximum atomic E-state index is 11.3. The maximum absolute atomic E-state index is 11.3. The van der Waals surface area contributed by atoms with Crippen LogP contribution in [-0.2, 0) is 4.79 Å². The fraction of sp³-hybridized carbons (Fsp3) is 0.857. The molecule has 18 heavy (non-hydrogen) atoms. The van der Waals surface area contributed by atoms with Crippen LogP contribution < -0.4 is 5.73 Å². The highest BCUT2D eigenvalue weighted by Gasteiger charge is 2.22. The molecule has 0 rings (SSSR count). The van der Waals surface area contributed by atoms with Crippen molar-refractivity contribution in [1.29, 1.82) is 0 Å². The number of Topliss-reactive ketones (excluding diaryl/α,β-unsaturated/α-hetero) is 1. The van der Waals surface area contributed by atoms with Gasteiger partial charge in [-0.3, -0.25) is 9.79 Å². The lowest BCUT2D eigenvalue weighted by Gasteiger charge is -2.20. The van der Waals surface area contributed by atoms with Gasteiger partial charge in [0.15, 0.2) is 0 Å². The number of aliphatic imine (C=N–C) groups is 1. The molecule has 106 valence electrons. The van der Waals surface area contributed by atoms with Crippen molar-refractivity contribution in [3.63, 3.8) is 0 Å². The van der Waals surface area contributed by atoms with E-state index in [9.17, 15) is 4.79 Å². The van der Waals surface area contributed by atoms with E-state index in [2.05, 4.69) is 11.9 Å². The summed E-state index contributed by atoms with van der Waals surface area (Å²) in [6.07, 6.45) is 4.19. The molecule has 0 atom stereocenters. The van der Waals surface area contributed by atoms with Crippen molar-refractivity contribution in [3.05, 3.63) is 0 Å². The highest BCUT2D eigenvalue weighted by molar-refractivity contribution is 7.99. The Morgan fingerprint density at radius 2 is 2.00 bits per heavy atom. The third kappa shape index (κ3) is 8.56. The number of amidine groups is 1. The molecule has 0 saturated heterocycles. The van der Waals surface area contributed by atoms with Gasteiger partial charge in [0.1, 0.15) is 5.78 Å². The third-order valence-corrected chi connectivity index (χ3v) is 4.47. The molecular formula is C14H28N2OS. The summed E-state index contributed by atoms with van der Waals surface area (Å²) in [6, 6.07) is 0. The standard InChI is InChI=1S/C14H28N2OS/c1-5-6-9-16-13(15)8-7-10-18-11-14(3,4)12(2)17/h5-11H2,1-4H3,(H2,15,16). The molecule has 0 spiro atoms. The minimum absolute atomic E-state index is 0.203. The number of hydrogen-bond acceptors (Lipinski definition) is 3. The van der Waals surface area contributed by atoms with E-state index in [0.29, 0.717) is 0 Å². The SMILES string of the molecule is CCCCN=C(N)CCCSCC(C)(C)C(C)=O. The van der Waals surface area contributed by atoms with Crippen LogP contribution in [0, 0.1) is 5.41 Å². The number of thioether (sulfide) groups is 1. The summed E-state index contributed by atoms with van der Waals surface area (Å²) in [5.41, 5.74) is 5.61. The number of carbonyl (C=O) groups is 1.